The van der Waals surface area contributed by atoms with Crippen LogP contribution in [0.4, 0.5) is 28.4 Å². The van der Waals surface area contributed by atoms with Gasteiger partial charge in [-0.1, -0.05) is 24.3 Å². The molecule has 2 aromatic carbocycles. The summed E-state index contributed by atoms with van der Waals surface area (Å²) in [6.07, 6.45) is -4.46. The average molecular weight is 588 g/mol. The molecule has 0 bridgehead atoms. The summed E-state index contributed by atoms with van der Waals surface area (Å²) >= 11 is 0. The third-order valence-electron chi connectivity index (χ3n) is 7.56. The molecule has 0 aliphatic carbocycles. The van der Waals surface area contributed by atoms with Gasteiger partial charge in [-0.05, 0) is 63.1 Å². The van der Waals surface area contributed by atoms with Crippen molar-refractivity contribution in [3.63, 3.8) is 0 Å². The first kappa shape index (κ1) is 30.9. The number of carbonyl (C=O) groups is 3. The molecule has 9 nitrogen and oxygen atoms in total. The molecule has 2 aromatic rings. The first-order valence-corrected chi connectivity index (χ1v) is 14.0. The van der Waals surface area contributed by atoms with Crippen LogP contribution in [-0.2, 0) is 15.7 Å². The Labute approximate surface area is 243 Å². The summed E-state index contributed by atoms with van der Waals surface area (Å²) in [5.41, 5.74) is 2.14. The van der Waals surface area contributed by atoms with Crippen molar-refractivity contribution in [3.05, 3.63) is 76.5 Å². The molecule has 0 spiro atoms. The van der Waals surface area contributed by atoms with Crippen LogP contribution in [0, 0.1) is 6.92 Å². The van der Waals surface area contributed by atoms with Crippen LogP contribution in [0.1, 0.15) is 43.5 Å². The number of amides is 4. The standard InChI is InChI=1S/C30H36F3N5O4/c1-5-37-24(25(27(39)42-6-2)26(35-29(37)41)23-10-8-7-9-19(23)3)18-36-15-16-38(20(4)17-36)28(40)34-22-13-11-21(12-14-22)30(31,32)33/h7-14,20,26H,5-6,15-18H2,1-4H3,(H,34,40)(H,35,41)/t20-,26-/m0/s1. The van der Waals surface area contributed by atoms with Gasteiger partial charge in [0.25, 0.3) is 0 Å². The quantitative estimate of drug-likeness (QED) is 0.437. The second kappa shape index (κ2) is 12.8. The monoisotopic (exact) mass is 587 g/mol. The number of carbonyl (C=O) groups excluding carboxylic acids is 3. The van der Waals surface area contributed by atoms with Crippen LogP contribution < -0.4 is 10.6 Å². The van der Waals surface area contributed by atoms with Crippen molar-refractivity contribution in [2.45, 2.75) is 46.0 Å². The Morgan fingerprint density at radius 2 is 1.76 bits per heavy atom. The normalized spacial score (nSPS) is 19.9. The number of anilines is 1. The van der Waals surface area contributed by atoms with Crippen LogP contribution in [0.25, 0.3) is 0 Å². The number of rotatable bonds is 7. The molecule has 4 rings (SSSR count). The molecule has 0 unspecified atom stereocenters. The molecule has 2 aliphatic heterocycles. The lowest BCUT2D eigenvalue weighted by molar-refractivity contribution is -0.139. The molecule has 2 atom stereocenters. The third-order valence-corrected chi connectivity index (χ3v) is 7.56. The van der Waals surface area contributed by atoms with Crippen molar-refractivity contribution in [1.82, 2.24) is 20.0 Å². The Morgan fingerprint density at radius 1 is 1.07 bits per heavy atom. The number of hydrogen-bond donors (Lipinski definition) is 2. The number of aryl methyl sites for hydroxylation is 1. The fraction of sp³-hybridized carbons (Fsp3) is 0.433. The Balaban J connectivity index is 1.54. The van der Waals surface area contributed by atoms with Crippen LogP contribution in [0.15, 0.2) is 59.8 Å². The molecule has 1 fully saturated rings. The molecule has 2 heterocycles. The lowest BCUT2D eigenvalue weighted by atomic mass is 9.91. The first-order valence-electron chi connectivity index (χ1n) is 14.0. The van der Waals surface area contributed by atoms with Gasteiger partial charge in [0.2, 0.25) is 0 Å². The third kappa shape index (κ3) is 6.70. The highest BCUT2D eigenvalue weighted by atomic mass is 19.4. The van der Waals surface area contributed by atoms with Crippen LogP contribution >= 0.6 is 0 Å². The van der Waals surface area contributed by atoms with Crippen molar-refractivity contribution in [2.75, 3.05) is 44.6 Å². The molecule has 12 heteroatoms. The molecular weight excluding hydrogens is 551 g/mol. The van der Waals surface area contributed by atoms with E-state index in [2.05, 4.69) is 15.5 Å². The van der Waals surface area contributed by atoms with Gasteiger partial charge in [-0.25, -0.2) is 14.4 Å². The number of halogens is 3. The summed E-state index contributed by atoms with van der Waals surface area (Å²) in [5, 5.41) is 5.66. The number of benzene rings is 2. The van der Waals surface area contributed by atoms with Crippen molar-refractivity contribution in [2.24, 2.45) is 0 Å². The molecule has 0 saturated carbocycles. The minimum atomic E-state index is -4.46. The average Bonchev–Trinajstić information content (AvgIpc) is 2.93. The molecule has 1 saturated heterocycles. The van der Waals surface area contributed by atoms with Crippen molar-refractivity contribution >= 4 is 23.7 Å². The number of alkyl halides is 3. The van der Waals surface area contributed by atoms with Crippen LogP contribution in [0.3, 0.4) is 0 Å². The molecule has 2 N–H and O–H groups in total. The second-order valence-electron chi connectivity index (χ2n) is 10.3. The van der Waals surface area contributed by atoms with Crippen LogP contribution in [0.5, 0.6) is 0 Å². The summed E-state index contributed by atoms with van der Waals surface area (Å²) in [6.45, 7) is 9.43. The minimum Gasteiger partial charge on any atom is -0.463 e. The van der Waals surface area contributed by atoms with E-state index < -0.39 is 29.8 Å². The molecule has 226 valence electrons. The Bertz CT molecular complexity index is 1350. The van der Waals surface area contributed by atoms with E-state index in [1.54, 1.807) is 16.7 Å². The highest BCUT2D eigenvalue weighted by Gasteiger charge is 2.39. The summed E-state index contributed by atoms with van der Waals surface area (Å²) in [6, 6.07) is 10.2. The molecule has 4 amide bonds. The van der Waals surface area contributed by atoms with E-state index in [0.717, 1.165) is 23.3 Å². The number of nitrogens with one attached hydrogen (secondary N) is 2. The van der Waals surface area contributed by atoms with E-state index in [1.807, 2.05) is 45.0 Å². The van der Waals surface area contributed by atoms with E-state index in [9.17, 15) is 27.6 Å². The maximum atomic E-state index is 13.4. The number of urea groups is 2. The van der Waals surface area contributed by atoms with Gasteiger partial charge >= 0.3 is 24.2 Å². The Morgan fingerprint density at radius 3 is 2.36 bits per heavy atom. The number of hydrogen-bond acceptors (Lipinski definition) is 5. The minimum absolute atomic E-state index is 0.180. The van der Waals surface area contributed by atoms with Gasteiger partial charge in [-0.2, -0.15) is 13.2 Å². The highest BCUT2D eigenvalue weighted by Crippen LogP contribution is 2.34. The highest BCUT2D eigenvalue weighted by molar-refractivity contribution is 5.95. The molecule has 0 radical (unpaired) electrons. The zero-order valence-electron chi connectivity index (χ0n) is 24.1. The summed E-state index contributed by atoms with van der Waals surface area (Å²) in [7, 11) is 0. The smallest absolute Gasteiger partial charge is 0.416 e. The Hall–Kier alpha value is -4.06. The van der Waals surface area contributed by atoms with E-state index in [-0.39, 0.29) is 30.9 Å². The predicted molar refractivity (Wildman–Crippen MR) is 152 cm³/mol. The van der Waals surface area contributed by atoms with Crippen LogP contribution in [-0.4, -0.2) is 78.1 Å². The summed E-state index contributed by atoms with van der Waals surface area (Å²) < 4.78 is 44.1. The van der Waals surface area contributed by atoms with E-state index >= 15 is 0 Å². The van der Waals surface area contributed by atoms with Gasteiger partial charge in [-0.15, -0.1) is 0 Å². The number of likely N-dealkylation sites (N-methyl/N-ethyl adjacent to an activating group) is 1. The van der Waals surface area contributed by atoms with E-state index in [1.165, 1.54) is 12.1 Å². The van der Waals surface area contributed by atoms with Gasteiger partial charge in [0, 0.05) is 50.2 Å². The van der Waals surface area contributed by atoms with Gasteiger partial charge in [0.1, 0.15) is 0 Å². The molecular formula is C30H36F3N5O4. The predicted octanol–water partition coefficient (Wildman–Crippen LogP) is 5.16. The maximum Gasteiger partial charge on any atom is 0.416 e. The van der Waals surface area contributed by atoms with Gasteiger partial charge in [0.05, 0.1) is 23.8 Å². The van der Waals surface area contributed by atoms with Gasteiger partial charge < -0.3 is 20.3 Å². The number of esters is 1. The van der Waals surface area contributed by atoms with Crippen molar-refractivity contribution in [3.8, 4) is 0 Å². The first-order chi connectivity index (χ1) is 19.9. The zero-order chi connectivity index (χ0) is 30.6. The number of ether oxygens (including phenoxy) is 1. The number of nitrogens with zero attached hydrogens (tertiary/aromatic N) is 3. The Kier molecular flexibility index (Phi) is 9.45. The zero-order valence-corrected chi connectivity index (χ0v) is 24.1. The fourth-order valence-corrected chi connectivity index (χ4v) is 5.43. The van der Waals surface area contributed by atoms with Gasteiger partial charge in [-0.3, -0.25) is 9.80 Å². The van der Waals surface area contributed by atoms with Gasteiger partial charge in [0.15, 0.2) is 0 Å². The van der Waals surface area contributed by atoms with Crippen molar-refractivity contribution in [1.29, 1.82) is 0 Å². The number of piperazine rings is 1. The molecule has 0 aromatic heterocycles. The largest absolute Gasteiger partial charge is 0.463 e. The van der Waals surface area contributed by atoms with Crippen LogP contribution in [0.2, 0.25) is 0 Å². The fourth-order valence-electron chi connectivity index (χ4n) is 5.43. The SMILES string of the molecule is CCOC(=O)C1=C(CN2CCN(C(=O)Nc3ccc(C(F)(F)F)cc3)[C@@H](C)C2)N(CC)C(=O)N[C@H]1c1ccccc1C. The second-order valence-corrected chi connectivity index (χ2v) is 10.3. The maximum absolute atomic E-state index is 13.4. The summed E-state index contributed by atoms with van der Waals surface area (Å²) in [5.74, 6) is -0.498. The van der Waals surface area contributed by atoms with Crippen molar-refractivity contribution < 1.29 is 32.3 Å². The topological polar surface area (TPSA) is 94.2 Å². The van der Waals surface area contributed by atoms with E-state index in [0.29, 0.717) is 37.4 Å². The van der Waals surface area contributed by atoms with E-state index in [4.69, 9.17) is 4.74 Å². The lowest BCUT2D eigenvalue weighted by Gasteiger charge is -2.43. The molecule has 42 heavy (non-hydrogen) atoms. The summed E-state index contributed by atoms with van der Waals surface area (Å²) in [4.78, 5) is 44.8. The lowest BCUT2D eigenvalue weighted by Crippen LogP contribution is -2.57. The molecule has 2 aliphatic rings.